The van der Waals surface area contributed by atoms with Gasteiger partial charge in [-0.15, -0.1) is 0 Å². The molecule has 3 rings (SSSR count). The van der Waals surface area contributed by atoms with Gasteiger partial charge >= 0.3 is 0 Å². The monoisotopic (exact) mass is 417 g/mol. The molecule has 2 amide bonds. The van der Waals surface area contributed by atoms with E-state index in [9.17, 15) is 9.59 Å². The number of amides is 2. The summed E-state index contributed by atoms with van der Waals surface area (Å²) in [6.45, 7) is 3.14. The zero-order valence-corrected chi connectivity index (χ0v) is 17.2. The minimum Gasteiger partial charge on any atom is -0.486 e. The van der Waals surface area contributed by atoms with E-state index in [0.717, 1.165) is 5.56 Å². The number of fused-ring (bicyclic) bond motifs is 1. The third kappa shape index (κ3) is 6.10. The number of nitrogens with zero attached hydrogens (tertiary/aromatic N) is 1. The highest BCUT2D eigenvalue weighted by molar-refractivity contribution is 6.30. The van der Waals surface area contributed by atoms with E-state index in [1.54, 1.807) is 36.2 Å². The van der Waals surface area contributed by atoms with Crippen molar-refractivity contribution in [1.82, 2.24) is 10.2 Å². The molecule has 2 N–H and O–H groups in total. The Kier molecular flexibility index (Phi) is 6.95. The molecular formula is C21H24ClN3O4. The molecule has 0 radical (unpaired) electrons. The Morgan fingerprint density at radius 3 is 2.41 bits per heavy atom. The number of benzene rings is 2. The summed E-state index contributed by atoms with van der Waals surface area (Å²) < 4.78 is 11.1. The first-order valence-corrected chi connectivity index (χ1v) is 9.71. The lowest BCUT2D eigenvalue weighted by molar-refractivity contribution is -0.123. The molecule has 0 bridgehead atoms. The van der Waals surface area contributed by atoms with Gasteiger partial charge in [-0.3, -0.25) is 14.5 Å². The molecule has 2 aromatic carbocycles. The van der Waals surface area contributed by atoms with Crippen molar-refractivity contribution < 1.29 is 19.1 Å². The number of hydrogen-bond donors (Lipinski definition) is 2. The van der Waals surface area contributed by atoms with Crippen LogP contribution < -0.4 is 20.1 Å². The zero-order valence-electron chi connectivity index (χ0n) is 16.4. The number of anilines is 1. The quantitative estimate of drug-likeness (QED) is 0.724. The Morgan fingerprint density at radius 2 is 1.69 bits per heavy atom. The molecule has 0 saturated heterocycles. The highest BCUT2D eigenvalue weighted by Crippen LogP contribution is 2.32. The third-order valence-corrected chi connectivity index (χ3v) is 4.65. The van der Waals surface area contributed by atoms with Crippen LogP contribution in [0.4, 0.5) is 5.69 Å². The molecule has 1 heterocycles. The highest BCUT2D eigenvalue weighted by atomic mass is 35.5. The van der Waals surface area contributed by atoms with Crippen molar-refractivity contribution >= 4 is 29.1 Å². The maximum Gasteiger partial charge on any atom is 0.238 e. The minimum absolute atomic E-state index is 0.0917. The summed E-state index contributed by atoms with van der Waals surface area (Å²) in [5.74, 6) is 1.02. The van der Waals surface area contributed by atoms with Crippen LogP contribution in [0.1, 0.15) is 18.5 Å². The van der Waals surface area contributed by atoms with E-state index in [2.05, 4.69) is 10.6 Å². The molecule has 2 aromatic rings. The molecule has 0 spiro atoms. The van der Waals surface area contributed by atoms with Gasteiger partial charge in [0.25, 0.3) is 0 Å². The van der Waals surface area contributed by atoms with Crippen molar-refractivity contribution in [2.45, 2.75) is 13.0 Å². The first-order valence-electron chi connectivity index (χ1n) is 9.33. The maximum atomic E-state index is 12.3. The lowest BCUT2D eigenvalue weighted by Gasteiger charge is -2.22. The molecule has 0 fully saturated rings. The SMILES string of the molecule is C[C@@H](NC(=O)CN(C)CC(=O)Nc1ccc(Cl)cc1)c1ccc2c(c1)OCCO2. The van der Waals surface area contributed by atoms with E-state index in [0.29, 0.717) is 35.4 Å². The second-order valence-electron chi connectivity index (χ2n) is 6.92. The van der Waals surface area contributed by atoms with Gasteiger partial charge in [-0.25, -0.2) is 0 Å². The second kappa shape index (κ2) is 9.62. The van der Waals surface area contributed by atoms with Gasteiger partial charge in [-0.2, -0.15) is 0 Å². The van der Waals surface area contributed by atoms with E-state index in [1.165, 1.54) is 0 Å². The molecule has 1 aliphatic heterocycles. The normalized spacial score (nSPS) is 13.7. The highest BCUT2D eigenvalue weighted by Gasteiger charge is 2.17. The van der Waals surface area contributed by atoms with Crippen LogP contribution >= 0.6 is 11.6 Å². The summed E-state index contributed by atoms with van der Waals surface area (Å²) in [4.78, 5) is 26.1. The molecule has 0 unspecified atom stereocenters. The molecule has 29 heavy (non-hydrogen) atoms. The van der Waals surface area contributed by atoms with Crippen molar-refractivity contribution in [2.24, 2.45) is 0 Å². The second-order valence-corrected chi connectivity index (χ2v) is 7.36. The fraction of sp³-hybridized carbons (Fsp3) is 0.333. The number of hydrogen-bond acceptors (Lipinski definition) is 5. The molecule has 0 saturated carbocycles. The standard InChI is InChI=1S/C21H24ClN3O4/c1-14(15-3-8-18-19(11-15)29-10-9-28-18)23-20(26)12-25(2)13-21(27)24-17-6-4-16(22)5-7-17/h3-8,11,14H,9-10,12-13H2,1-2H3,(H,23,26)(H,24,27)/t14-/m1/s1. The Balaban J connectivity index is 1.46. The summed E-state index contributed by atoms with van der Waals surface area (Å²) in [5, 5.41) is 6.31. The fourth-order valence-corrected chi connectivity index (χ4v) is 3.11. The van der Waals surface area contributed by atoms with Crippen LogP contribution in [0.15, 0.2) is 42.5 Å². The van der Waals surface area contributed by atoms with Gasteiger partial charge in [0.2, 0.25) is 11.8 Å². The molecule has 0 aliphatic carbocycles. The van der Waals surface area contributed by atoms with E-state index >= 15 is 0 Å². The first kappa shape index (κ1) is 21.0. The molecule has 1 aliphatic rings. The summed E-state index contributed by atoms with van der Waals surface area (Å²) in [5.41, 5.74) is 1.58. The maximum absolute atomic E-state index is 12.3. The Labute approximate surface area is 174 Å². The van der Waals surface area contributed by atoms with E-state index in [-0.39, 0.29) is 30.9 Å². The molecule has 154 valence electrons. The first-order chi connectivity index (χ1) is 13.9. The van der Waals surface area contributed by atoms with Crippen LogP contribution in [-0.4, -0.2) is 50.1 Å². The smallest absolute Gasteiger partial charge is 0.238 e. The molecular weight excluding hydrogens is 394 g/mol. The molecule has 1 atom stereocenters. The minimum atomic E-state index is -0.206. The Hall–Kier alpha value is -2.77. The number of nitrogens with one attached hydrogen (secondary N) is 2. The van der Waals surface area contributed by atoms with E-state index in [4.69, 9.17) is 21.1 Å². The largest absolute Gasteiger partial charge is 0.486 e. The number of carbonyl (C=O) groups excluding carboxylic acids is 2. The van der Waals surface area contributed by atoms with Gasteiger partial charge in [0, 0.05) is 10.7 Å². The van der Waals surface area contributed by atoms with Crippen LogP contribution in [0.2, 0.25) is 5.02 Å². The van der Waals surface area contributed by atoms with Crippen LogP contribution in [0.25, 0.3) is 0 Å². The molecule has 0 aromatic heterocycles. The van der Waals surface area contributed by atoms with Crippen LogP contribution in [-0.2, 0) is 9.59 Å². The van der Waals surface area contributed by atoms with Gasteiger partial charge in [0.15, 0.2) is 11.5 Å². The third-order valence-electron chi connectivity index (χ3n) is 4.40. The number of halogens is 1. The van der Waals surface area contributed by atoms with Gasteiger partial charge in [-0.05, 0) is 55.9 Å². The van der Waals surface area contributed by atoms with Gasteiger partial charge in [-0.1, -0.05) is 17.7 Å². The molecule has 7 nitrogen and oxygen atoms in total. The van der Waals surface area contributed by atoms with Gasteiger partial charge in [0.05, 0.1) is 19.1 Å². The van der Waals surface area contributed by atoms with Crippen molar-refractivity contribution in [3.63, 3.8) is 0 Å². The zero-order chi connectivity index (χ0) is 20.8. The topological polar surface area (TPSA) is 79.9 Å². The number of ether oxygens (including phenoxy) is 2. The fourth-order valence-electron chi connectivity index (χ4n) is 2.98. The Bertz CT molecular complexity index is 873. The van der Waals surface area contributed by atoms with Gasteiger partial charge in [0.1, 0.15) is 13.2 Å². The summed E-state index contributed by atoms with van der Waals surface area (Å²) in [7, 11) is 1.72. The number of carbonyl (C=O) groups is 2. The lowest BCUT2D eigenvalue weighted by atomic mass is 10.1. The predicted octanol–water partition coefficient (Wildman–Crippen LogP) is 2.86. The van der Waals surface area contributed by atoms with Gasteiger partial charge < -0.3 is 20.1 Å². The van der Waals surface area contributed by atoms with Crippen LogP contribution in [0.5, 0.6) is 11.5 Å². The Morgan fingerprint density at radius 1 is 1.03 bits per heavy atom. The van der Waals surface area contributed by atoms with E-state index in [1.807, 2.05) is 25.1 Å². The van der Waals surface area contributed by atoms with Crippen molar-refractivity contribution in [2.75, 3.05) is 38.7 Å². The average Bonchev–Trinajstić information content (AvgIpc) is 2.69. The lowest BCUT2D eigenvalue weighted by Crippen LogP contribution is -2.39. The van der Waals surface area contributed by atoms with E-state index < -0.39 is 0 Å². The van der Waals surface area contributed by atoms with Crippen molar-refractivity contribution in [1.29, 1.82) is 0 Å². The van der Waals surface area contributed by atoms with Crippen LogP contribution in [0.3, 0.4) is 0 Å². The number of rotatable bonds is 7. The predicted molar refractivity (Wildman–Crippen MR) is 112 cm³/mol. The molecule has 8 heteroatoms. The van der Waals surface area contributed by atoms with Crippen molar-refractivity contribution in [3.8, 4) is 11.5 Å². The summed E-state index contributed by atoms with van der Waals surface area (Å²) >= 11 is 5.83. The van der Waals surface area contributed by atoms with Crippen molar-refractivity contribution in [3.05, 3.63) is 53.1 Å². The van der Waals surface area contributed by atoms with Crippen LogP contribution in [0, 0.1) is 0 Å². The average molecular weight is 418 g/mol. The summed E-state index contributed by atoms with van der Waals surface area (Å²) in [6, 6.07) is 12.3. The number of likely N-dealkylation sites (N-methyl/N-ethyl adjacent to an activating group) is 1. The summed E-state index contributed by atoms with van der Waals surface area (Å²) in [6.07, 6.45) is 0.